The van der Waals surface area contributed by atoms with Crippen LogP contribution in [0, 0.1) is 0 Å². The van der Waals surface area contributed by atoms with Crippen molar-refractivity contribution >= 4 is 65.8 Å². The maximum atomic E-state index is 12.8. The number of aromatic nitrogens is 1. The largest absolute Gasteiger partial charge is 0.465 e. The van der Waals surface area contributed by atoms with Gasteiger partial charge in [0.15, 0.2) is 5.58 Å². The minimum atomic E-state index is -4.06. The fraction of sp³-hybridized carbons (Fsp3) is 0.0588. The minimum absolute atomic E-state index is 0.0679. The molecule has 4 rings (SSSR count). The quantitative estimate of drug-likeness (QED) is 0.470. The van der Waals surface area contributed by atoms with Gasteiger partial charge in [0.05, 0.1) is 17.6 Å². The highest BCUT2D eigenvalue weighted by Crippen LogP contribution is 2.31. The zero-order valence-electron chi connectivity index (χ0n) is 14.1. The summed E-state index contributed by atoms with van der Waals surface area (Å²) >= 11 is 7.32. The van der Waals surface area contributed by atoms with Crippen LogP contribution < -0.4 is 10.5 Å². The standard InChI is InChI=1S/C17H11ClN2O6S2/c1-25-16(21)14-5-8-4-9(2-3-13(8)27-14)20-28(23,24)15-7-12-11(6-10(15)18)19-17(22)26-12/h2-7,20H,1H3,(H,19,22). The Morgan fingerprint density at radius 1 is 1.25 bits per heavy atom. The molecule has 8 nitrogen and oxygen atoms in total. The lowest BCUT2D eigenvalue weighted by Gasteiger charge is -2.09. The van der Waals surface area contributed by atoms with Crippen LogP contribution in [0.25, 0.3) is 21.2 Å². The molecule has 0 spiro atoms. The number of H-pyrrole nitrogens is 1. The van der Waals surface area contributed by atoms with E-state index in [0.29, 0.717) is 15.8 Å². The molecule has 2 heterocycles. The highest BCUT2D eigenvalue weighted by atomic mass is 35.5. The van der Waals surface area contributed by atoms with E-state index in [9.17, 15) is 18.0 Å². The first-order valence-electron chi connectivity index (χ1n) is 7.74. The van der Waals surface area contributed by atoms with Gasteiger partial charge in [-0.2, -0.15) is 0 Å². The van der Waals surface area contributed by atoms with Crippen LogP contribution in [0.5, 0.6) is 0 Å². The van der Waals surface area contributed by atoms with Gasteiger partial charge in [-0.15, -0.1) is 11.3 Å². The van der Waals surface area contributed by atoms with Crippen molar-refractivity contribution in [1.29, 1.82) is 0 Å². The van der Waals surface area contributed by atoms with Gasteiger partial charge in [-0.1, -0.05) is 11.6 Å². The number of nitrogens with one attached hydrogen (secondary N) is 2. The number of sulfonamides is 1. The lowest BCUT2D eigenvalue weighted by atomic mass is 10.2. The summed E-state index contributed by atoms with van der Waals surface area (Å²) in [7, 11) is -2.76. The molecule has 0 aliphatic carbocycles. The van der Waals surface area contributed by atoms with Gasteiger partial charge >= 0.3 is 11.7 Å². The molecule has 0 atom stereocenters. The van der Waals surface area contributed by atoms with Crippen molar-refractivity contribution in [3.63, 3.8) is 0 Å². The molecule has 0 radical (unpaired) electrons. The Bertz CT molecular complexity index is 1400. The molecule has 0 aliphatic heterocycles. The van der Waals surface area contributed by atoms with E-state index in [1.165, 1.54) is 30.6 Å². The van der Waals surface area contributed by atoms with Crippen LogP contribution >= 0.6 is 22.9 Å². The Hall–Kier alpha value is -2.82. The molecular weight excluding hydrogens is 428 g/mol. The van der Waals surface area contributed by atoms with Gasteiger partial charge in [0.1, 0.15) is 9.77 Å². The molecule has 28 heavy (non-hydrogen) atoms. The number of carbonyl (C=O) groups excluding carboxylic acids is 1. The average Bonchev–Trinajstić information content (AvgIpc) is 3.21. The number of methoxy groups -OCH3 is 1. The summed E-state index contributed by atoms with van der Waals surface area (Å²) in [5, 5.41) is 0.616. The van der Waals surface area contributed by atoms with Crippen LogP contribution in [0.3, 0.4) is 0 Å². The number of esters is 1. The molecule has 0 amide bonds. The van der Waals surface area contributed by atoms with Gasteiger partial charge in [-0.25, -0.2) is 18.0 Å². The van der Waals surface area contributed by atoms with E-state index in [1.807, 2.05) is 0 Å². The number of hydrogen-bond donors (Lipinski definition) is 2. The molecule has 144 valence electrons. The molecule has 2 aromatic carbocycles. The number of rotatable bonds is 4. The fourth-order valence-electron chi connectivity index (χ4n) is 2.68. The molecule has 0 unspecified atom stereocenters. The number of fused-ring (bicyclic) bond motifs is 2. The second kappa shape index (κ2) is 6.66. The van der Waals surface area contributed by atoms with E-state index in [-0.39, 0.29) is 21.2 Å². The molecule has 0 aliphatic rings. The molecule has 11 heteroatoms. The number of hydrogen-bond acceptors (Lipinski definition) is 7. The predicted octanol–water partition coefficient (Wildman–Crippen LogP) is 3.58. The van der Waals surface area contributed by atoms with Crippen molar-refractivity contribution in [2.75, 3.05) is 11.8 Å². The first-order chi connectivity index (χ1) is 13.3. The van der Waals surface area contributed by atoms with Crippen molar-refractivity contribution in [2.45, 2.75) is 4.90 Å². The first-order valence-corrected chi connectivity index (χ1v) is 10.4. The maximum Gasteiger partial charge on any atom is 0.417 e. The molecular formula is C17H11ClN2O6S2. The average molecular weight is 439 g/mol. The Kier molecular flexibility index (Phi) is 4.41. The van der Waals surface area contributed by atoms with E-state index in [1.54, 1.807) is 24.3 Å². The first kappa shape index (κ1) is 18.5. The van der Waals surface area contributed by atoms with Crippen molar-refractivity contribution in [2.24, 2.45) is 0 Å². The predicted molar refractivity (Wildman–Crippen MR) is 106 cm³/mol. The van der Waals surface area contributed by atoms with Crippen molar-refractivity contribution < 1.29 is 22.4 Å². The smallest absolute Gasteiger partial charge is 0.417 e. The molecule has 0 bridgehead atoms. The van der Waals surface area contributed by atoms with E-state index in [2.05, 4.69) is 9.71 Å². The van der Waals surface area contributed by atoms with E-state index >= 15 is 0 Å². The molecule has 4 aromatic rings. The Balaban J connectivity index is 1.72. The highest BCUT2D eigenvalue weighted by molar-refractivity contribution is 7.92. The molecule has 0 saturated carbocycles. The van der Waals surface area contributed by atoms with E-state index in [4.69, 9.17) is 20.8 Å². The minimum Gasteiger partial charge on any atom is -0.465 e. The number of benzene rings is 2. The molecule has 2 aromatic heterocycles. The lowest BCUT2D eigenvalue weighted by Crippen LogP contribution is -2.13. The summed E-state index contributed by atoms with van der Waals surface area (Å²) in [6.07, 6.45) is 0. The molecule has 0 saturated heterocycles. The number of anilines is 1. The maximum absolute atomic E-state index is 12.8. The van der Waals surface area contributed by atoms with Crippen LogP contribution in [0.1, 0.15) is 9.67 Å². The SMILES string of the molecule is COC(=O)c1cc2cc(NS(=O)(=O)c3cc4oc(=O)[nH]c4cc3Cl)ccc2s1. The third-order valence-corrected chi connectivity index (χ3v) is 6.86. The summed E-state index contributed by atoms with van der Waals surface area (Å²) in [6.45, 7) is 0. The van der Waals surface area contributed by atoms with Gasteiger partial charge in [0.2, 0.25) is 0 Å². The summed E-state index contributed by atoms with van der Waals surface area (Å²) in [6, 6.07) is 8.97. The zero-order chi connectivity index (χ0) is 20.1. The number of thiophene rings is 1. The Morgan fingerprint density at radius 3 is 2.79 bits per heavy atom. The summed E-state index contributed by atoms with van der Waals surface area (Å²) < 4.78 is 38.4. The number of ether oxygens (including phenoxy) is 1. The number of halogens is 1. The number of aromatic amines is 1. The highest BCUT2D eigenvalue weighted by Gasteiger charge is 2.21. The normalized spacial score (nSPS) is 11.8. The van der Waals surface area contributed by atoms with E-state index < -0.39 is 21.7 Å². The van der Waals surface area contributed by atoms with Crippen LogP contribution in [0.4, 0.5) is 5.69 Å². The second-order valence-electron chi connectivity index (χ2n) is 5.75. The second-order valence-corrected chi connectivity index (χ2v) is 8.90. The summed E-state index contributed by atoms with van der Waals surface area (Å²) in [5.74, 6) is -1.17. The zero-order valence-corrected chi connectivity index (χ0v) is 16.5. The molecule has 2 N–H and O–H groups in total. The van der Waals surface area contributed by atoms with Crippen molar-refractivity contribution in [1.82, 2.24) is 4.98 Å². The summed E-state index contributed by atoms with van der Waals surface area (Å²) in [5.41, 5.74) is 0.656. The lowest BCUT2D eigenvalue weighted by molar-refractivity contribution is 0.0606. The monoisotopic (exact) mass is 438 g/mol. The molecule has 0 fully saturated rings. The Morgan fingerprint density at radius 2 is 2.04 bits per heavy atom. The van der Waals surface area contributed by atoms with Crippen LogP contribution in [0.15, 0.2) is 50.5 Å². The summed E-state index contributed by atoms with van der Waals surface area (Å²) in [4.78, 5) is 25.5. The van der Waals surface area contributed by atoms with Gasteiger partial charge in [-0.3, -0.25) is 9.71 Å². The third-order valence-electron chi connectivity index (χ3n) is 3.92. The number of oxazole rings is 1. The van der Waals surface area contributed by atoms with Gasteiger partial charge in [0.25, 0.3) is 10.0 Å². The Labute approximate surface area is 166 Å². The number of carbonyl (C=O) groups is 1. The van der Waals surface area contributed by atoms with Crippen LogP contribution in [0.2, 0.25) is 5.02 Å². The van der Waals surface area contributed by atoms with Crippen molar-refractivity contribution in [3.8, 4) is 0 Å². The van der Waals surface area contributed by atoms with Crippen LogP contribution in [-0.2, 0) is 14.8 Å². The van der Waals surface area contributed by atoms with Gasteiger partial charge in [-0.05, 0) is 35.7 Å². The van der Waals surface area contributed by atoms with E-state index in [0.717, 1.165) is 4.70 Å². The fourth-order valence-corrected chi connectivity index (χ4v) is 5.23. The topological polar surface area (TPSA) is 118 Å². The van der Waals surface area contributed by atoms with Gasteiger partial charge < -0.3 is 9.15 Å². The van der Waals surface area contributed by atoms with Crippen molar-refractivity contribution in [3.05, 3.63) is 56.8 Å². The van der Waals surface area contributed by atoms with Crippen LogP contribution in [-0.4, -0.2) is 26.5 Å². The third kappa shape index (κ3) is 3.26. The van der Waals surface area contributed by atoms with Gasteiger partial charge in [0, 0.05) is 16.5 Å².